The number of piperidine rings is 1. The fourth-order valence-corrected chi connectivity index (χ4v) is 4.38. The van der Waals surface area contributed by atoms with Gasteiger partial charge in [0.25, 0.3) is 0 Å². The Morgan fingerprint density at radius 2 is 2.12 bits per heavy atom. The molecule has 2 unspecified atom stereocenters. The minimum absolute atomic E-state index is 0.116. The van der Waals surface area contributed by atoms with Gasteiger partial charge in [0.15, 0.2) is 0 Å². The van der Waals surface area contributed by atoms with Crippen molar-refractivity contribution in [2.75, 3.05) is 13.1 Å². The number of hydrogen-bond acceptors (Lipinski definition) is 3. The maximum absolute atomic E-state index is 12.7. The van der Waals surface area contributed by atoms with Gasteiger partial charge in [0.2, 0.25) is 5.91 Å². The van der Waals surface area contributed by atoms with Crippen molar-refractivity contribution in [3.63, 3.8) is 0 Å². The molecule has 0 radical (unpaired) electrons. The van der Waals surface area contributed by atoms with Gasteiger partial charge in [-0.1, -0.05) is 25.5 Å². The molecule has 5 nitrogen and oxygen atoms in total. The molecule has 2 saturated heterocycles. The fourth-order valence-electron chi connectivity index (χ4n) is 4.38. The first-order valence-corrected chi connectivity index (χ1v) is 9.24. The lowest BCUT2D eigenvalue weighted by molar-refractivity contribution is -0.122. The van der Waals surface area contributed by atoms with Crippen LogP contribution in [0.3, 0.4) is 0 Å². The van der Waals surface area contributed by atoms with E-state index < -0.39 is 0 Å². The second-order valence-electron chi connectivity index (χ2n) is 7.02. The summed E-state index contributed by atoms with van der Waals surface area (Å²) >= 11 is 0. The molecule has 2 fully saturated rings. The predicted octanol–water partition coefficient (Wildman–Crippen LogP) is 2.34. The fraction of sp³-hybridized carbons (Fsp3) is 0.579. The maximum Gasteiger partial charge on any atom is 0.240 e. The summed E-state index contributed by atoms with van der Waals surface area (Å²) in [6, 6.07) is 8.93. The molecule has 3 heterocycles. The van der Waals surface area contributed by atoms with Crippen LogP contribution < -0.4 is 5.32 Å². The van der Waals surface area contributed by atoms with Crippen molar-refractivity contribution in [1.82, 2.24) is 19.8 Å². The van der Waals surface area contributed by atoms with E-state index in [0.717, 1.165) is 36.2 Å². The van der Waals surface area contributed by atoms with E-state index in [-0.39, 0.29) is 5.91 Å². The number of fused-ring (bicyclic) bond motifs is 2. The van der Waals surface area contributed by atoms with E-state index >= 15 is 0 Å². The van der Waals surface area contributed by atoms with Crippen LogP contribution in [0.4, 0.5) is 0 Å². The molecule has 1 amide bonds. The van der Waals surface area contributed by atoms with E-state index in [1.807, 2.05) is 24.3 Å². The normalized spacial score (nSPS) is 24.2. The third-order valence-corrected chi connectivity index (χ3v) is 5.55. The zero-order valence-electron chi connectivity index (χ0n) is 14.4. The van der Waals surface area contributed by atoms with E-state index in [1.54, 1.807) is 0 Å². The second kappa shape index (κ2) is 6.55. The Labute approximate surface area is 143 Å². The Balaban J connectivity index is 1.48. The average Bonchev–Trinajstić information content (AvgIpc) is 3.17. The Morgan fingerprint density at radius 3 is 3.00 bits per heavy atom. The molecule has 1 aromatic carbocycles. The molecule has 2 atom stereocenters. The van der Waals surface area contributed by atoms with Crippen molar-refractivity contribution < 1.29 is 4.79 Å². The van der Waals surface area contributed by atoms with Crippen LogP contribution in [0.15, 0.2) is 24.3 Å². The highest BCUT2D eigenvalue weighted by molar-refractivity contribution is 5.81. The number of carbonyl (C=O) groups is 1. The average molecular weight is 326 g/mol. The van der Waals surface area contributed by atoms with Gasteiger partial charge in [-0.25, -0.2) is 4.98 Å². The number of amides is 1. The summed E-state index contributed by atoms with van der Waals surface area (Å²) in [5, 5.41) is 3.30. The Kier molecular flexibility index (Phi) is 4.27. The van der Waals surface area contributed by atoms with Gasteiger partial charge in [0, 0.05) is 25.0 Å². The molecule has 0 aliphatic carbocycles. The van der Waals surface area contributed by atoms with Crippen LogP contribution in [0.1, 0.15) is 38.4 Å². The largest absolute Gasteiger partial charge is 0.350 e. The molecule has 128 valence electrons. The highest BCUT2D eigenvalue weighted by Crippen LogP contribution is 2.27. The lowest BCUT2D eigenvalue weighted by Crippen LogP contribution is -2.47. The quantitative estimate of drug-likeness (QED) is 0.938. The second-order valence-corrected chi connectivity index (χ2v) is 7.02. The molecule has 2 aliphatic rings. The van der Waals surface area contributed by atoms with E-state index in [2.05, 4.69) is 26.7 Å². The number of aromatic nitrogens is 2. The van der Waals surface area contributed by atoms with Gasteiger partial charge in [-0.2, -0.15) is 0 Å². The van der Waals surface area contributed by atoms with E-state index in [0.29, 0.717) is 18.6 Å². The number of carbonyl (C=O) groups excluding carboxylic acids is 1. The summed E-state index contributed by atoms with van der Waals surface area (Å²) in [6.07, 6.45) is 5.74. The molecular formula is C19H26N4O. The molecule has 1 aromatic heterocycles. The van der Waals surface area contributed by atoms with Crippen LogP contribution >= 0.6 is 0 Å². The van der Waals surface area contributed by atoms with Crippen LogP contribution in [-0.4, -0.2) is 45.5 Å². The number of imidazole rings is 1. The van der Waals surface area contributed by atoms with E-state index in [4.69, 9.17) is 0 Å². The zero-order chi connectivity index (χ0) is 16.5. The minimum Gasteiger partial charge on any atom is -0.350 e. The predicted molar refractivity (Wildman–Crippen MR) is 94.9 cm³/mol. The SMILES string of the molecule is CCc1nc2ccccc2n1CC(=O)NC1CCN2CCCCC12. The zero-order valence-corrected chi connectivity index (χ0v) is 14.4. The van der Waals surface area contributed by atoms with Crippen molar-refractivity contribution in [2.24, 2.45) is 0 Å². The molecule has 0 bridgehead atoms. The molecule has 24 heavy (non-hydrogen) atoms. The van der Waals surface area contributed by atoms with Gasteiger partial charge in [0.1, 0.15) is 12.4 Å². The van der Waals surface area contributed by atoms with Crippen molar-refractivity contribution in [3.8, 4) is 0 Å². The van der Waals surface area contributed by atoms with Crippen molar-refractivity contribution in [1.29, 1.82) is 0 Å². The first-order chi connectivity index (χ1) is 11.8. The summed E-state index contributed by atoms with van der Waals surface area (Å²) in [6.45, 7) is 4.78. The molecule has 0 saturated carbocycles. The molecule has 5 heteroatoms. The number of aryl methyl sites for hydroxylation is 1. The van der Waals surface area contributed by atoms with Gasteiger partial charge in [-0.3, -0.25) is 9.69 Å². The van der Waals surface area contributed by atoms with Gasteiger partial charge < -0.3 is 9.88 Å². The molecule has 0 spiro atoms. The Morgan fingerprint density at radius 1 is 1.25 bits per heavy atom. The highest BCUT2D eigenvalue weighted by Gasteiger charge is 2.36. The van der Waals surface area contributed by atoms with Gasteiger partial charge in [-0.15, -0.1) is 0 Å². The molecule has 2 aliphatic heterocycles. The topological polar surface area (TPSA) is 50.2 Å². The summed E-state index contributed by atoms with van der Waals surface area (Å²) < 4.78 is 2.07. The number of nitrogens with one attached hydrogen (secondary N) is 1. The Bertz CT molecular complexity index is 738. The number of para-hydroxylation sites is 2. The third-order valence-electron chi connectivity index (χ3n) is 5.55. The lowest BCUT2D eigenvalue weighted by Gasteiger charge is -2.32. The van der Waals surface area contributed by atoms with E-state index in [9.17, 15) is 4.79 Å². The first-order valence-electron chi connectivity index (χ1n) is 9.24. The van der Waals surface area contributed by atoms with Crippen molar-refractivity contribution in [2.45, 2.75) is 57.7 Å². The number of nitrogens with zero attached hydrogens (tertiary/aromatic N) is 3. The van der Waals surface area contributed by atoms with Crippen LogP contribution in [-0.2, 0) is 17.8 Å². The lowest BCUT2D eigenvalue weighted by atomic mass is 9.99. The Hall–Kier alpha value is -1.88. The molecule has 4 rings (SSSR count). The molecule has 2 aromatic rings. The third kappa shape index (κ3) is 2.81. The van der Waals surface area contributed by atoms with Crippen molar-refractivity contribution in [3.05, 3.63) is 30.1 Å². The van der Waals surface area contributed by atoms with Crippen LogP contribution in [0, 0.1) is 0 Å². The van der Waals surface area contributed by atoms with E-state index in [1.165, 1.54) is 25.8 Å². The number of benzene rings is 1. The highest BCUT2D eigenvalue weighted by atomic mass is 16.2. The number of hydrogen-bond donors (Lipinski definition) is 1. The van der Waals surface area contributed by atoms with Crippen LogP contribution in [0.25, 0.3) is 11.0 Å². The monoisotopic (exact) mass is 326 g/mol. The van der Waals surface area contributed by atoms with Gasteiger partial charge in [0.05, 0.1) is 11.0 Å². The molecular weight excluding hydrogens is 300 g/mol. The van der Waals surface area contributed by atoms with Crippen molar-refractivity contribution >= 4 is 16.9 Å². The summed E-state index contributed by atoms with van der Waals surface area (Å²) in [4.78, 5) is 19.9. The van der Waals surface area contributed by atoms with Gasteiger partial charge in [-0.05, 0) is 37.9 Å². The number of rotatable bonds is 4. The van der Waals surface area contributed by atoms with Crippen LogP contribution in [0.2, 0.25) is 0 Å². The summed E-state index contributed by atoms with van der Waals surface area (Å²) in [5.74, 6) is 1.10. The standard InChI is InChI=1S/C19H26N4O/c1-2-18-20-14-7-3-4-9-17(14)23(18)13-19(24)21-15-10-12-22-11-6-5-8-16(15)22/h3-4,7,9,15-16H,2,5-6,8,10-13H2,1H3,(H,21,24). The minimum atomic E-state index is 0.116. The molecule has 1 N–H and O–H groups in total. The first kappa shape index (κ1) is 15.6. The van der Waals surface area contributed by atoms with Gasteiger partial charge >= 0.3 is 0 Å². The maximum atomic E-state index is 12.7. The smallest absolute Gasteiger partial charge is 0.240 e. The summed E-state index contributed by atoms with van der Waals surface area (Å²) in [5.41, 5.74) is 2.02. The summed E-state index contributed by atoms with van der Waals surface area (Å²) in [7, 11) is 0. The van der Waals surface area contributed by atoms with Crippen LogP contribution in [0.5, 0.6) is 0 Å².